The van der Waals surface area contributed by atoms with E-state index in [2.05, 4.69) is 10.3 Å². The molecule has 1 amide bonds. The smallest absolute Gasteiger partial charge is 0.417 e. The second-order valence-corrected chi connectivity index (χ2v) is 10.6. The molecule has 176 valence electrons. The van der Waals surface area contributed by atoms with E-state index in [1.54, 1.807) is 12.1 Å². The Balaban J connectivity index is 2.01. The van der Waals surface area contributed by atoms with Crippen molar-refractivity contribution in [2.24, 2.45) is 0 Å². The summed E-state index contributed by atoms with van der Waals surface area (Å²) in [7, 11) is -1.30. The lowest BCUT2D eigenvalue weighted by Gasteiger charge is -2.23. The van der Waals surface area contributed by atoms with Gasteiger partial charge in [-0.25, -0.2) is 13.4 Å². The highest BCUT2D eigenvalue weighted by atomic mass is 32.2. The summed E-state index contributed by atoms with van der Waals surface area (Å²) in [5.41, 5.74) is -1.08. The highest BCUT2D eigenvalue weighted by Crippen LogP contribution is 2.32. The SMILES string of the molecule is COc1ccc(SCCNC(=O)C(C)(C)S(=O)(=O)c2ccc(C(F)(F)F)cn2)cc1OC. The number of halogens is 3. The van der Waals surface area contributed by atoms with Gasteiger partial charge in [-0.15, -0.1) is 11.8 Å². The number of thioether (sulfide) groups is 1. The molecular weight excluding hydrogens is 469 g/mol. The van der Waals surface area contributed by atoms with E-state index in [-0.39, 0.29) is 6.54 Å². The van der Waals surface area contributed by atoms with Gasteiger partial charge in [0.1, 0.15) is 0 Å². The molecule has 2 aromatic rings. The summed E-state index contributed by atoms with van der Waals surface area (Å²) in [6.45, 7) is 2.52. The first kappa shape index (κ1) is 25.8. The molecule has 0 fully saturated rings. The predicted octanol–water partition coefficient (Wildman–Crippen LogP) is 3.58. The molecule has 0 radical (unpaired) electrons. The maximum atomic E-state index is 12.8. The molecule has 0 saturated heterocycles. The van der Waals surface area contributed by atoms with Gasteiger partial charge < -0.3 is 14.8 Å². The zero-order valence-corrected chi connectivity index (χ0v) is 19.5. The summed E-state index contributed by atoms with van der Waals surface area (Å²) in [5, 5.41) is 1.95. The van der Waals surface area contributed by atoms with Crippen LogP contribution < -0.4 is 14.8 Å². The summed E-state index contributed by atoms with van der Waals surface area (Å²) >= 11 is 1.41. The van der Waals surface area contributed by atoms with Crippen LogP contribution in [-0.2, 0) is 20.8 Å². The first-order valence-corrected chi connectivity index (χ1v) is 11.7. The molecule has 0 unspecified atom stereocenters. The van der Waals surface area contributed by atoms with Crippen molar-refractivity contribution in [2.75, 3.05) is 26.5 Å². The number of rotatable bonds is 9. The number of carbonyl (C=O) groups is 1. The van der Waals surface area contributed by atoms with E-state index in [1.807, 2.05) is 6.07 Å². The molecule has 0 aliphatic carbocycles. The Kier molecular flexibility index (Phi) is 8.05. The van der Waals surface area contributed by atoms with Crippen molar-refractivity contribution in [1.82, 2.24) is 10.3 Å². The number of nitrogens with one attached hydrogen (secondary N) is 1. The monoisotopic (exact) mass is 492 g/mol. The van der Waals surface area contributed by atoms with Gasteiger partial charge in [0.25, 0.3) is 0 Å². The number of amides is 1. The van der Waals surface area contributed by atoms with Crippen LogP contribution in [0.4, 0.5) is 13.2 Å². The maximum absolute atomic E-state index is 12.8. The third-order valence-corrected chi connectivity index (χ3v) is 7.89. The number of hydrogen-bond donors (Lipinski definition) is 1. The molecule has 1 aromatic heterocycles. The Morgan fingerprint density at radius 1 is 1.09 bits per heavy atom. The number of benzene rings is 1. The number of methoxy groups -OCH3 is 2. The minimum absolute atomic E-state index is 0.164. The molecule has 1 heterocycles. The van der Waals surface area contributed by atoms with Gasteiger partial charge in [-0.2, -0.15) is 13.2 Å². The van der Waals surface area contributed by atoms with Crippen molar-refractivity contribution in [3.05, 3.63) is 42.1 Å². The van der Waals surface area contributed by atoms with Crippen molar-refractivity contribution in [1.29, 1.82) is 0 Å². The summed E-state index contributed by atoms with van der Waals surface area (Å²) in [6.07, 6.45) is -4.21. The molecule has 1 aromatic carbocycles. The van der Waals surface area contributed by atoms with Gasteiger partial charge in [0.2, 0.25) is 15.7 Å². The lowest BCUT2D eigenvalue weighted by Crippen LogP contribution is -2.48. The Morgan fingerprint density at radius 3 is 2.28 bits per heavy atom. The fourth-order valence-corrected chi connectivity index (χ4v) is 4.62. The van der Waals surface area contributed by atoms with E-state index in [0.717, 1.165) is 11.0 Å². The second-order valence-electron chi connectivity index (χ2n) is 7.02. The standard InChI is InChI=1S/C20H23F3N2O5S2/c1-19(2,32(27,28)17-8-5-13(12-25-17)20(21,22)23)18(26)24-9-10-31-14-6-7-15(29-3)16(11-14)30-4/h5-8,11-12H,9-10H2,1-4H3,(H,24,26). The molecule has 2 rings (SSSR count). The Morgan fingerprint density at radius 2 is 1.75 bits per heavy atom. The van der Waals surface area contributed by atoms with Gasteiger partial charge >= 0.3 is 6.18 Å². The summed E-state index contributed by atoms with van der Waals surface area (Å²) in [6, 6.07) is 6.70. The number of alkyl halides is 3. The molecule has 0 atom stereocenters. The van der Waals surface area contributed by atoms with E-state index in [9.17, 15) is 26.4 Å². The van der Waals surface area contributed by atoms with Crippen LogP contribution in [0, 0.1) is 0 Å². The number of ether oxygens (including phenoxy) is 2. The van der Waals surface area contributed by atoms with E-state index in [1.165, 1.54) is 39.8 Å². The number of aromatic nitrogens is 1. The van der Waals surface area contributed by atoms with E-state index >= 15 is 0 Å². The Labute approximate surface area is 188 Å². The fourth-order valence-electron chi connectivity index (χ4n) is 2.54. The van der Waals surface area contributed by atoms with Crippen molar-refractivity contribution >= 4 is 27.5 Å². The molecule has 7 nitrogen and oxygen atoms in total. The van der Waals surface area contributed by atoms with E-state index in [4.69, 9.17) is 9.47 Å². The molecule has 0 spiro atoms. The third-order valence-electron chi connectivity index (χ3n) is 4.57. The minimum Gasteiger partial charge on any atom is -0.493 e. The molecule has 0 aliphatic rings. The average Bonchev–Trinajstić information content (AvgIpc) is 2.75. The van der Waals surface area contributed by atoms with Gasteiger partial charge in [0.05, 0.1) is 19.8 Å². The first-order valence-electron chi connectivity index (χ1n) is 9.25. The molecule has 12 heteroatoms. The first-order chi connectivity index (χ1) is 14.8. The summed E-state index contributed by atoms with van der Waals surface area (Å²) < 4.78 is 72.1. The van der Waals surface area contributed by atoms with Crippen molar-refractivity contribution in [3.8, 4) is 11.5 Å². The molecule has 1 N–H and O–H groups in total. The lowest BCUT2D eigenvalue weighted by molar-refractivity contribution is -0.137. The van der Waals surface area contributed by atoms with Crippen LogP contribution in [0.25, 0.3) is 0 Å². The van der Waals surface area contributed by atoms with Crippen molar-refractivity contribution in [3.63, 3.8) is 0 Å². The van der Waals surface area contributed by atoms with Crippen LogP contribution in [0.2, 0.25) is 0 Å². The average molecular weight is 493 g/mol. The number of hydrogen-bond acceptors (Lipinski definition) is 7. The third kappa shape index (κ3) is 5.66. The molecule has 0 aliphatic heterocycles. The number of sulfone groups is 1. The Hall–Kier alpha value is -2.47. The van der Waals surface area contributed by atoms with Gasteiger partial charge in [0.15, 0.2) is 21.3 Å². The van der Waals surface area contributed by atoms with Crippen LogP contribution in [0.5, 0.6) is 11.5 Å². The highest BCUT2D eigenvalue weighted by Gasteiger charge is 2.44. The number of carbonyl (C=O) groups excluding carboxylic acids is 1. The highest BCUT2D eigenvalue weighted by molar-refractivity contribution is 7.99. The normalized spacial score (nSPS) is 12.3. The van der Waals surface area contributed by atoms with Crippen LogP contribution in [0.1, 0.15) is 19.4 Å². The number of nitrogens with zero attached hydrogens (tertiary/aromatic N) is 1. The largest absolute Gasteiger partial charge is 0.493 e. The topological polar surface area (TPSA) is 94.6 Å². The van der Waals surface area contributed by atoms with Gasteiger partial charge in [-0.3, -0.25) is 4.79 Å². The summed E-state index contributed by atoms with van der Waals surface area (Å²) in [5.74, 6) is 0.787. The van der Waals surface area contributed by atoms with Gasteiger partial charge in [0, 0.05) is 23.4 Å². The van der Waals surface area contributed by atoms with E-state index in [0.29, 0.717) is 29.5 Å². The second kappa shape index (κ2) is 9.99. The molecule has 0 bridgehead atoms. The summed E-state index contributed by atoms with van der Waals surface area (Å²) in [4.78, 5) is 16.8. The quantitative estimate of drug-likeness (QED) is 0.422. The van der Waals surface area contributed by atoms with Crippen LogP contribution >= 0.6 is 11.8 Å². The van der Waals surface area contributed by atoms with Gasteiger partial charge in [-0.05, 0) is 44.2 Å². The predicted molar refractivity (Wildman–Crippen MR) is 114 cm³/mol. The van der Waals surface area contributed by atoms with Crippen LogP contribution in [-0.4, -0.2) is 50.6 Å². The fraction of sp³-hybridized carbons (Fsp3) is 0.400. The van der Waals surface area contributed by atoms with Crippen molar-refractivity contribution in [2.45, 2.75) is 34.7 Å². The van der Waals surface area contributed by atoms with E-state index < -0.39 is 37.3 Å². The zero-order chi connectivity index (χ0) is 24.2. The molecular formula is C20H23F3N2O5S2. The van der Waals surface area contributed by atoms with Gasteiger partial charge in [-0.1, -0.05) is 0 Å². The van der Waals surface area contributed by atoms with Crippen molar-refractivity contribution < 1.29 is 35.9 Å². The maximum Gasteiger partial charge on any atom is 0.417 e. The Bertz CT molecular complexity index is 1060. The lowest BCUT2D eigenvalue weighted by atomic mass is 10.2. The minimum atomic E-state index is -4.65. The number of pyridine rings is 1. The molecule has 32 heavy (non-hydrogen) atoms. The molecule has 0 saturated carbocycles. The zero-order valence-electron chi connectivity index (χ0n) is 17.8. The van der Waals surface area contributed by atoms with Crippen LogP contribution in [0.15, 0.2) is 46.5 Å². The van der Waals surface area contributed by atoms with Crippen LogP contribution in [0.3, 0.4) is 0 Å².